The molecule has 1 unspecified atom stereocenters. The second-order valence-corrected chi connectivity index (χ2v) is 10.4. The SMILES string of the molecule is C=CC(=O)OCCOC(=O)CCCOc1cc([N+](=O)[O-])c(C(C)Oc2cc3oc(=O)c(C(=O)OCCOC(=O)C=C)cc3cc2Cl)cc1CO. The smallest absolute Gasteiger partial charge is 0.351 e. The third-order valence-corrected chi connectivity index (χ3v) is 6.89. The van der Waals surface area contributed by atoms with E-state index in [4.69, 9.17) is 44.4 Å². The first-order chi connectivity index (χ1) is 23.9. The maximum absolute atomic E-state index is 12.5. The number of carbonyl (C=O) groups is 4. The Labute approximate surface area is 288 Å². The van der Waals surface area contributed by atoms with E-state index in [1.165, 1.54) is 31.2 Å². The van der Waals surface area contributed by atoms with Crippen molar-refractivity contribution in [2.24, 2.45) is 0 Å². The van der Waals surface area contributed by atoms with Crippen molar-refractivity contribution in [2.75, 3.05) is 33.0 Å². The van der Waals surface area contributed by atoms with Crippen LogP contribution < -0.4 is 15.1 Å². The quantitative estimate of drug-likeness (QED) is 0.0348. The fourth-order valence-electron chi connectivity index (χ4n) is 4.22. The molecule has 0 amide bonds. The monoisotopic (exact) mass is 717 g/mol. The molecule has 0 aliphatic rings. The Morgan fingerprint density at radius 3 is 2.20 bits per heavy atom. The van der Waals surface area contributed by atoms with Crippen LogP contribution in [0.5, 0.6) is 11.5 Å². The summed E-state index contributed by atoms with van der Waals surface area (Å²) in [5.74, 6) is -2.96. The van der Waals surface area contributed by atoms with Gasteiger partial charge in [-0.2, -0.15) is 0 Å². The van der Waals surface area contributed by atoms with Gasteiger partial charge in [-0.25, -0.2) is 19.2 Å². The number of carbonyl (C=O) groups excluding carboxylic acids is 4. The number of aliphatic hydroxyl groups is 1. The maximum atomic E-state index is 12.5. The summed E-state index contributed by atoms with van der Waals surface area (Å²) in [6.45, 7) is 6.53. The molecule has 17 heteroatoms. The zero-order valence-corrected chi connectivity index (χ0v) is 27.4. The summed E-state index contributed by atoms with van der Waals surface area (Å²) < 4.78 is 36.1. The van der Waals surface area contributed by atoms with Crippen LogP contribution in [-0.4, -0.2) is 66.9 Å². The number of aliphatic hydroxyl groups excluding tert-OH is 1. The summed E-state index contributed by atoms with van der Waals surface area (Å²) in [5.41, 5.74) is -1.64. The Balaban J connectivity index is 1.70. The maximum Gasteiger partial charge on any atom is 0.351 e. The first-order valence-corrected chi connectivity index (χ1v) is 15.2. The van der Waals surface area contributed by atoms with Crippen molar-refractivity contribution in [2.45, 2.75) is 32.5 Å². The van der Waals surface area contributed by atoms with Gasteiger partial charge in [0.15, 0.2) is 0 Å². The van der Waals surface area contributed by atoms with E-state index in [2.05, 4.69) is 13.2 Å². The number of rotatable bonds is 19. The molecule has 3 aromatic rings. The van der Waals surface area contributed by atoms with Gasteiger partial charge >= 0.3 is 29.5 Å². The standard InChI is InChI=1S/C33H32ClNO15/c1-4-29(37)45-9-10-47-31(39)7-6-8-44-26-16-25(35(42)43)22(14-21(26)18-36)19(3)49-28-17-27-20(15-24(28)34)13-23(33(41)50-27)32(40)48-12-11-46-30(38)5-2/h4-5,13-17,19,36H,1-2,6-12,18H2,3H3. The van der Waals surface area contributed by atoms with E-state index in [1.54, 1.807) is 0 Å². The second-order valence-electron chi connectivity index (χ2n) is 10.0. The first kappa shape index (κ1) is 38.7. The first-order valence-electron chi connectivity index (χ1n) is 14.8. The molecular formula is C33H32ClNO15. The Bertz CT molecular complexity index is 1830. The van der Waals surface area contributed by atoms with E-state index < -0.39 is 58.4 Å². The number of fused-ring (bicyclic) bond motifs is 1. The lowest BCUT2D eigenvalue weighted by atomic mass is 10.0. The van der Waals surface area contributed by atoms with Gasteiger partial charge in [-0.3, -0.25) is 14.9 Å². The summed E-state index contributed by atoms with van der Waals surface area (Å²) in [5, 5.41) is 22.2. The van der Waals surface area contributed by atoms with Gasteiger partial charge in [-0.15, -0.1) is 0 Å². The minimum absolute atomic E-state index is 0.00940. The predicted octanol–water partition coefficient (Wildman–Crippen LogP) is 4.30. The highest BCUT2D eigenvalue weighted by molar-refractivity contribution is 6.32. The van der Waals surface area contributed by atoms with Crippen molar-refractivity contribution in [3.63, 3.8) is 0 Å². The predicted molar refractivity (Wildman–Crippen MR) is 174 cm³/mol. The van der Waals surface area contributed by atoms with Gasteiger partial charge < -0.3 is 37.9 Å². The van der Waals surface area contributed by atoms with Crippen LogP contribution in [0, 0.1) is 10.1 Å². The molecular weight excluding hydrogens is 686 g/mol. The average Bonchev–Trinajstić information content (AvgIpc) is 3.09. The second kappa shape index (κ2) is 18.7. The molecule has 0 saturated carbocycles. The highest BCUT2D eigenvalue weighted by Gasteiger charge is 2.25. The molecule has 0 fully saturated rings. The van der Waals surface area contributed by atoms with Crippen molar-refractivity contribution in [3.05, 3.63) is 97.9 Å². The molecule has 16 nitrogen and oxygen atoms in total. The summed E-state index contributed by atoms with van der Waals surface area (Å²) >= 11 is 6.42. The van der Waals surface area contributed by atoms with E-state index >= 15 is 0 Å². The van der Waals surface area contributed by atoms with Gasteiger partial charge in [-0.1, -0.05) is 24.8 Å². The number of nitrogens with zero attached hydrogens (tertiary/aromatic N) is 1. The Morgan fingerprint density at radius 2 is 1.58 bits per heavy atom. The molecule has 3 rings (SSSR count). The summed E-state index contributed by atoms with van der Waals surface area (Å²) in [7, 11) is 0. The minimum atomic E-state index is -1.03. The number of esters is 4. The lowest BCUT2D eigenvalue weighted by molar-refractivity contribution is -0.386. The van der Waals surface area contributed by atoms with Crippen LogP contribution in [-0.2, 0) is 39.9 Å². The molecule has 266 valence electrons. The number of benzene rings is 2. The van der Waals surface area contributed by atoms with Crippen LogP contribution >= 0.6 is 11.6 Å². The molecule has 0 aliphatic heterocycles. The lowest BCUT2D eigenvalue weighted by Crippen LogP contribution is -2.19. The van der Waals surface area contributed by atoms with Crippen molar-refractivity contribution in [1.29, 1.82) is 0 Å². The summed E-state index contributed by atoms with van der Waals surface area (Å²) in [6.07, 6.45) is 1.01. The molecule has 1 heterocycles. The fraction of sp³-hybridized carbons (Fsp3) is 0.303. The highest BCUT2D eigenvalue weighted by Crippen LogP contribution is 2.38. The van der Waals surface area contributed by atoms with E-state index in [1.807, 2.05) is 0 Å². The summed E-state index contributed by atoms with van der Waals surface area (Å²) in [4.78, 5) is 70.3. The van der Waals surface area contributed by atoms with E-state index in [0.717, 1.165) is 18.2 Å². The molecule has 0 radical (unpaired) electrons. The van der Waals surface area contributed by atoms with Crippen LogP contribution in [0.15, 0.2) is 64.9 Å². The zero-order valence-electron chi connectivity index (χ0n) is 26.7. The number of nitro groups is 1. The third-order valence-electron chi connectivity index (χ3n) is 6.59. The normalized spacial score (nSPS) is 11.2. The number of hydrogen-bond acceptors (Lipinski definition) is 15. The zero-order chi connectivity index (χ0) is 36.8. The van der Waals surface area contributed by atoms with Gasteiger partial charge in [0, 0.05) is 35.6 Å². The topological polar surface area (TPSA) is 217 Å². The molecule has 1 atom stereocenters. The van der Waals surface area contributed by atoms with Gasteiger partial charge in [0.25, 0.3) is 5.69 Å². The summed E-state index contributed by atoms with van der Waals surface area (Å²) in [6, 6.07) is 6.28. The molecule has 0 aliphatic carbocycles. The molecule has 2 aromatic carbocycles. The largest absolute Gasteiger partial charge is 0.493 e. The minimum Gasteiger partial charge on any atom is -0.493 e. The molecule has 0 saturated heterocycles. The number of hydrogen-bond donors (Lipinski definition) is 1. The number of nitro benzene ring substituents is 1. The molecule has 0 spiro atoms. The van der Waals surface area contributed by atoms with Crippen molar-refractivity contribution < 1.29 is 62.0 Å². The van der Waals surface area contributed by atoms with Crippen LogP contribution in [0.2, 0.25) is 5.02 Å². The number of ether oxygens (including phenoxy) is 6. The number of halogens is 1. The lowest BCUT2D eigenvalue weighted by Gasteiger charge is -2.19. The van der Waals surface area contributed by atoms with Gasteiger partial charge in [0.05, 0.1) is 34.8 Å². The molecule has 50 heavy (non-hydrogen) atoms. The van der Waals surface area contributed by atoms with Gasteiger partial charge in [-0.05, 0) is 31.5 Å². The van der Waals surface area contributed by atoms with E-state index in [-0.39, 0.29) is 84.5 Å². The van der Waals surface area contributed by atoms with Crippen molar-refractivity contribution in [3.8, 4) is 11.5 Å². The Morgan fingerprint density at radius 1 is 0.940 bits per heavy atom. The van der Waals surface area contributed by atoms with Gasteiger partial charge in [0.2, 0.25) is 0 Å². The van der Waals surface area contributed by atoms with Crippen LogP contribution in [0.4, 0.5) is 5.69 Å². The fourth-order valence-corrected chi connectivity index (χ4v) is 4.44. The molecule has 0 bridgehead atoms. The molecule has 1 N–H and O–H groups in total. The Kier molecular flexibility index (Phi) is 14.5. The third kappa shape index (κ3) is 10.9. The van der Waals surface area contributed by atoms with Crippen LogP contribution in [0.1, 0.15) is 47.4 Å². The van der Waals surface area contributed by atoms with Crippen molar-refractivity contribution in [1.82, 2.24) is 0 Å². The van der Waals surface area contributed by atoms with Crippen LogP contribution in [0.3, 0.4) is 0 Å². The highest BCUT2D eigenvalue weighted by atomic mass is 35.5. The molecule has 1 aromatic heterocycles. The van der Waals surface area contributed by atoms with Crippen molar-refractivity contribution >= 4 is 52.1 Å². The van der Waals surface area contributed by atoms with Crippen LogP contribution in [0.25, 0.3) is 11.0 Å². The van der Waals surface area contributed by atoms with Gasteiger partial charge in [0.1, 0.15) is 55.2 Å². The van der Waals surface area contributed by atoms with E-state index in [0.29, 0.717) is 0 Å². The Hall–Kier alpha value is -5.74. The van der Waals surface area contributed by atoms with E-state index in [9.17, 15) is 39.2 Å². The average molecular weight is 718 g/mol.